The molecule has 8 heteroatoms. The average molecular weight is 379 g/mol. The van der Waals surface area contributed by atoms with E-state index in [-0.39, 0.29) is 11.0 Å². The predicted octanol–water partition coefficient (Wildman–Crippen LogP) is 4.60. The Bertz CT molecular complexity index is 894. The van der Waals surface area contributed by atoms with Crippen LogP contribution >= 0.6 is 11.6 Å². The third-order valence-electron chi connectivity index (χ3n) is 3.81. The van der Waals surface area contributed by atoms with E-state index in [2.05, 4.69) is 34.7 Å². The van der Waals surface area contributed by atoms with Crippen molar-refractivity contribution in [3.63, 3.8) is 0 Å². The van der Waals surface area contributed by atoms with E-state index < -0.39 is 13.9 Å². The SMILES string of the molecule is C[Si](C)(C)CCOCn1nc(-c2nc(Cl)ncc2F)c2ccccc21. The molecule has 0 atom stereocenters. The van der Waals surface area contributed by atoms with E-state index in [0.717, 1.165) is 23.1 Å². The standard InChI is InChI=1S/C17H20ClFN4OSi/c1-25(2,3)9-8-24-11-23-14-7-5-4-6-12(14)15(22-23)16-13(19)10-20-17(18)21-16/h4-7,10H,8-9,11H2,1-3H3. The summed E-state index contributed by atoms with van der Waals surface area (Å²) in [4.78, 5) is 7.66. The maximum Gasteiger partial charge on any atom is 0.223 e. The van der Waals surface area contributed by atoms with Crippen molar-refractivity contribution >= 4 is 30.6 Å². The van der Waals surface area contributed by atoms with Gasteiger partial charge in [-0.05, 0) is 23.7 Å². The number of hydrogen-bond donors (Lipinski definition) is 0. The Labute approximate surface area is 151 Å². The Kier molecular flexibility index (Phi) is 5.17. The fraction of sp³-hybridized carbons (Fsp3) is 0.353. The molecule has 2 aromatic heterocycles. The fourth-order valence-electron chi connectivity index (χ4n) is 2.44. The summed E-state index contributed by atoms with van der Waals surface area (Å²) in [7, 11) is -1.15. The molecule has 0 bridgehead atoms. The minimum absolute atomic E-state index is 0.0126. The molecule has 0 aliphatic heterocycles. The van der Waals surface area contributed by atoms with Gasteiger partial charge in [0.25, 0.3) is 0 Å². The van der Waals surface area contributed by atoms with E-state index in [9.17, 15) is 4.39 Å². The van der Waals surface area contributed by atoms with Gasteiger partial charge in [0.1, 0.15) is 18.1 Å². The minimum Gasteiger partial charge on any atom is -0.360 e. The maximum absolute atomic E-state index is 14.2. The van der Waals surface area contributed by atoms with Crippen molar-refractivity contribution in [1.29, 1.82) is 0 Å². The number of benzene rings is 1. The van der Waals surface area contributed by atoms with Crippen LogP contribution in [-0.4, -0.2) is 34.4 Å². The first-order chi connectivity index (χ1) is 11.8. The van der Waals surface area contributed by atoms with Gasteiger partial charge in [-0.15, -0.1) is 0 Å². The van der Waals surface area contributed by atoms with Gasteiger partial charge in [-0.1, -0.05) is 37.8 Å². The number of para-hydroxylation sites is 1. The van der Waals surface area contributed by atoms with E-state index >= 15 is 0 Å². The summed E-state index contributed by atoms with van der Waals surface area (Å²) in [5.41, 5.74) is 1.39. The number of aromatic nitrogens is 4. The normalized spacial score (nSPS) is 12.0. The van der Waals surface area contributed by atoms with Gasteiger partial charge < -0.3 is 4.74 Å². The number of rotatable bonds is 6. The topological polar surface area (TPSA) is 52.8 Å². The Hall–Kier alpha value is -1.83. The van der Waals surface area contributed by atoms with Crippen LogP contribution in [0.25, 0.3) is 22.3 Å². The summed E-state index contributed by atoms with van der Waals surface area (Å²) in [6, 6.07) is 8.68. The lowest BCUT2D eigenvalue weighted by atomic mass is 10.1. The predicted molar refractivity (Wildman–Crippen MR) is 99.8 cm³/mol. The number of fused-ring (bicyclic) bond motifs is 1. The molecular weight excluding hydrogens is 359 g/mol. The molecule has 3 rings (SSSR count). The van der Waals surface area contributed by atoms with E-state index in [4.69, 9.17) is 16.3 Å². The summed E-state index contributed by atoms with van der Waals surface area (Å²) in [5, 5.41) is 5.29. The van der Waals surface area contributed by atoms with Crippen molar-refractivity contribution in [2.75, 3.05) is 6.61 Å². The van der Waals surface area contributed by atoms with Crippen molar-refractivity contribution in [2.45, 2.75) is 32.4 Å². The molecule has 1 aromatic carbocycles. The van der Waals surface area contributed by atoms with Crippen LogP contribution in [0.2, 0.25) is 31.0 Å². The van der Waals surface area contributed by atoms with E-state index in [1.165, 1.54) is 0 Å². The van der Waals surface area contributed by atoms with Gasteiger partial charge >= 0.3 is 0 Å². The zero-order valence-electron chi connectivity index (χ0n) is 14.5. The van der Waals surface area contributed by atoms with E-state index in [1.54, 1.807) is 4.68 Å². The summed E-state index contributed by atoms with van der Waals surface area (Å²) in [5.74, 6) is -0.556. The molecular formula is C17H20ClFN4OSi. The third-order valence-corrected chi connectivity index (χ3v) is 5.69. The highest BCUT2D eigenvalue weighted by Gasteiger charge is 2.18. The van der Waals surface area contributed by atoms with E-state index in [0.29, 0.717) is 19.0 Å². The van der Waals surface area contributed by atoms with Crippen molar-refractivity contribution in [3.05, 3.63) is 41.6 Å². The van der Waals surface area contributed by atoms with Gasteiger partial charge in [0.2, 0.25) is 5.28 Å². The van der Waals surface area contributed by atoms with Gasteiger partial charge in [0.15, 0.2) is 5.82 Å². The molecule has 132 valence electrons. The monoisotopic (exact) mass is 378 g/mol. The zero-order chi connectivity index (χ0) is 18.0. The minimum atomic E-state index is -1.15. The molecule has 0 aliphatic rings. The van der Waals surface area contributed by atoms with Crippen LogP contribution in [0.15, 0.2) is 30.5 Å². The number of ether oxygens (including phenoxy) is 1. The second-order valence-electron chi connectivity index (χ2n) is 7.05. The van der Waals surface area contributed by atoms with E-state index in [1.807, 2.05) is 24.3 Å². The summed E-state index contributed by atoms with van der Waals surface area (Å²) >= 11 is 5.83. The smallest absolute Gasteiger partial charge is 0.223 e. The lowest BCUT2D eigenvalue weighted by molar-refractivity contribution is 0.0818. The molecule has 0 unspecified atom stereocenters. The Morgan fingerprint density at radius 3 is 2.72 bits per heavy atom. The van der Waals surface area contributed by atoms with Crippen molar-refractivity contribution in [3.8, 4) is 11.4 Å². The van der Waals surface area contributed by atoms with Crippen molar-refractivity contribution in [1.82, 2.24) is 19.7 Å². The van der Waals surface area contributed by atoms with Crippen molar-refractivity contribution < 1.29 is 9.13 Å². The molecule has 0 saturated heterocycles. The highest BCUT2D eigenvalue weighted by Crippen LogP contribution is 2.28. The average Bonchev–Trinajstić information content (AvgIpc) is 2.92. The van der Waals surface area contributed by atoms with Gasteiger partial charge in [-0.25, -0.2) is 19.0 Å². The molecule has 5 nitrogen and oxygen atoms in total. The molecule has 0 spiro atoms. The molecule has 0 amide bonds. The van der Waals surface area contributed by atoms with Crippen LogP contribution in [0.5, 0.6) is 0 Å². The number of hydrogen-bond acceptors (Lipinski definition) is 4. The third kappa shape index (κ3) is 4.23. The van der Waals surface area contributed by atoms with Crippen molar-refractivity contribution in [2.24, 2.45) is 0 Å². The first-order valence-corrected chi connectivity index (χ1v) is 12.2. The first kappa shape index (κ1) is 18.0. The Morgan fingerprint density at radius 2 is 1.96 bits per heavy atom. The lowest BCUT2D eigenvalue weighted by Gasteiger charge is -2.15. The molecule has 0 N–H and O–H groups in total. The molecule has 25 heavy (non-hydrogen) atoms. The molecule has 3 aromatic rings. The molecule has 0 aliphatic carbocycles. The quantitative estimate of drug-likeness (QED) is 0.357. The van der Waals surface area contributed by atoms with Gasteiger partial charge in [0.05, 0.1) is 11.7 Å². The van der Waals surface area contributed by atoms with Crippen LogP contribution in [0.3, 0.4) is 0 Å². The van der Waals surface area contributed by atoms with Crippen LogP contribution in [0.4, 0.5) is 4.39 Å². The van der Waals surface area contributed by atoms with Gasteiger partial charge in [-0.3, -0.25) is 0 Å². The summed E-state index contributed by atoms with van der Waals surface area (Å²) in [6.45, 7) is 7.91. The number of nitrogens with zero attached hydrogens (tertiary/aromatic N) is 4. The lowest BCUT2D eigenvalue weighted by Crippen LogP contribution is -2.22. The Morgan fingerprint density at radius 1 is 1.20 bits per heavy atom. The second kappa shape index (κ2) is 7.19. The van der Waals surface area contributed by atoms with Gasteiger partial charge in [0, 0.05) is 20.1 Å². The largest absolute Gasteiger partial charge is 0.360 e. The van der Waals surface area contributed by atoms with Crippen LogP contribution < -0.4 is 0 Å². The second-order valence-corrected chi connectivity index (χ2v) is 13.0. The summed E-state index contributed by atoms with van der Waals surface area (Å²) in [6.07, 6.45) is 1.06. The van der Waals surface area contributed by atoms with Crippen LogP contribution in [-0.2, 0) is 11.5 Å². The van der Waals surface area contributed by atoms with Gasteiger partial charge in [-0.2, -0.15) is 5.10 Å². The molecule has 0 fully saturated rings. The molecule has 0 radical (unpaired) electrons. The highest BCUT2D eigenvalue weighted by molar-refractivity contribution is 6.76. The zero-order valence-corrected chi connectivity index (χ0v) is 16.2. The number of halogens is 2. The fourth-order valence-corrected chi connectivity index (χ4v) is 3.33. The highest BCUT2D eigenvalue weighted by atomic mass is 35.5. The Balaban J connectivity index is 1.92. The first-order valence-electron chi connectivity index (χ1n) is 8.07. The molecule has 0 saturated carbocycles. The van der Waals surface area contributed by atoms with Crippen LogP contribution in [0, 0.1) is 5.82 Å². The van der Waals surface area contributed by atoms with Crippen LogP contribution in [0.1, 0.15) is 0 Å². The summed E-state index contributed by atoms with van der Waals surface area (Å²) < 4.78 is 21.7. The molecule has 2 heterocycles. The maximum atomic E-state index is 14.2.